The standard InChI is InChI=1S/C24H18O5/c25-21(16-7-3-1-4-8-16)15-28-23(26)18-11-12-20-19(13-18)14-22(29-24(20)27)17-9-5-2-6-10-17/h1-13,22H,14-15H2/t22-/m0/s1. The Kier molecular flexibility index (Phi) is 5.20. The van der Waals surface area contributed by atoms with Gasteiger partial charge in [-0.25, -0.2) is 9.59 Å². The van der Waals surface area contributed by atoms with Crippen LogP contribution in [0.25, 0.3) is 0 Å². The molecule has 3 aromatic carbocycles. The van der Waals surface area contributed by atoms with Crippen LogP contribution in [-0.2, 0) is 15.9 Å². The third kappa shape index (κ3) is 4.09. The number of hydrogen-bond donors (Lipinski definition) is 0. The molecule has 5 heteroatoms. The molecule has 1 aliphatic heterocycles. The lowest BCUT2D eigenvalue weighted by atomic mass is 9.93. The second-order valence-corrected chi connectivity index (χ2v) is 6.75. The molecule has 1 aliphatic rings. The van der Waals surface area contributed by atoms with E-state index in [1.54, 1.807) is 36.4 Å². The van der Waals surface area contributed by atoms with Crippen molar-refractivity contribution in [2.45, 2.75) is 12.5 Å². The molecular formula is C24H18O5. The van der Waals surface area contributed by atoms with Gasteiger partial charge in [0.25, 0.3) is 0 Å². The monoisotopic (exact) mass is 386 g/mol. The van der Waals surface area contributed by atoms with Crippen molar-refractivity contribution in [1.82, 2.24) is 0 Å². The van der Waals surface area contributed by atoms with Crippen LogP contribution < -0.4 is 0 Å². The molecule has 0 bridgehead atoms. The molecule has 0 aliphatic carbocycles. The number of esters is 2. The minimum absolute atomic E-state index is 0.273. The lowest BCUT2D eigenvalue weighted by molar-refractivity contribution is 0.0251. The van der Waals surface area contributed by atoms with Crippen LogP contribution in [0, 0.1) is 0 Å². The third-order valence-electron chi connectivity index (χ3n) is 4.82. The number of carbonyl (C=O) groups is 3. The summed E-state index contributed by atoms with van der Waals surface area (Å²) in [5, 5.41) is 0. The highest BCUT2D eigenvalue weighted by Gasteiger charge is 2.28. The van der Waals surface area contributed by atoms with Crippen molar-refractivity contribution in [1.29, 1.82) is 0 Å². The van der Waals surface area contributed by atoms with Crippen LogP contribution in [0.1, 0.15) is 48.3 Å². The SMILES string of the molecule is O=C(COC(=O)c1ccc2c(c1)C[C@@H](c1ccccc1)OC2=O)c1ccccc1. The molecule has 0 saturated carbocycles. The fraction of sp³-hybridized carbons (Fsp3) is 0.125. The van der Waals surface area contributed by atoms with E-state index >= 15 is 0 Å². The second kappa shape index (κ2) is 8.10. The van der Waals surface area contributed by atoms with E-state index in [2.05, 4.69) is 0 Å². The van der Waals surface area contributed by atoms with Gasteiger partial charge < -0.3 is 9.47 Å². The number of hydrogen-bond acceptors (Lipinski definition) is 5. The van der Waals surface area contributed by atoms with Gasteiger partial charge in [0.2, 0.25) is 0 Å². The number of benzene rings is 3. The predicted molar refractivity (Wildman–Crippen MR) is 106 cm³/mol. The second-order valence-electron chi connectivity index (χ2n) is 6.75. The first-order valence-electron chi connectivity index (χ1n) is 9.26. The summed E-state index contributed by atoms with van der Waals surface area (Å²) in [6, 6.07) is 22.8. The molecule has 0 aromatic heterocycles. The number of cyclic esters (lactones) is 1. The summed E-state index contributed by atoms with van der Waals surface area (Å²) in [5.41, 5.74) is 2.84. The van der Waals surface area contributed by atoms with Gasteiger partial charge in [-0.15, -0.1) is 0 Å². The Morgan fingerprint density at radius 1 is 0.897 bits per heavy atom. The van der Waals surface area contributed by atoms with Gasteiger partial charge in [0, 0.05) is 12.0 Å². The zero-order valence-electron chi connectivity index (χ0n) is 15.5. The van der Waals surface area contributed by atoms with Crippen molar-refractivity contribution in [3.8, 4) is 0 Å². The van der Waals surface area contributed by atoms with Gasteiger partial charge in [-0.3, -0.25) is 4.79 Å². The lowest BCUT2D eigenvalue weighted by Gasteiger charge is -2.25. The van der Waals surface area contributed by atoms with Gasteiger partial charge in [-0.1, -0.05) is 60.7 Å². The summed E-state index contributed by atoms with van der Waals surface area (Å²) >= 11 is 0. The lowest BCUT2D eigenvalue weighted by Crippen LogP contribution is -2.22. The maximum Gasteiger partial charge on any atom is 0.339 e. The van der Waals surface area contributed by atoms with E-state index in [9.17, 15) is 14.4 Å². The molecule has 3 aromatic rings. The Morgan fingerprint density at radius 2 is 1.59 bits per heavy atom. The van der Waals surface area contributed by atoms with Crippen molar-refractivity contribution in [3.63, 3.8) is 0 Å². The summed E-state index contributed by atoms with van der Waals surface area (Å²) < 4.78 is 10.7. The van der Waals surface area contributed by atoms with Crippen molar-refractivity contribution in [2.24, 2.45) is 0 Å². The Labute approximate surface area is 167 Å². The van der Waals surface area contributed by atoms with E-state index in [-0.39, 0.29) is 12.4 Å². The Bertz CT molecular complexity index is 1060. The molecule has 0 unspecified atom stereocenters. The Morgan fingerprint density at radius 3 is 2.31 bits per heavy atom. The van der Waals surface area contributed by atoms with E-state index in [0.717, 1.165) is 11.1 Å². The van der Waals surface area contributed by atoms with Crippen LogP contribution in [0.4, 0.5) is 0 Å². The highest BCUT2D eigenvalue weighted by Crippen LogP contribution is 2.31. The third-order valence-corrected chi connectivity index (χ3v) is 4.82. The molecule has 5 nitrogen and oxygen atoms in total. The molecule has 144 valence electrons. The maximum atomic E-state index is 12.4. The molecule has 1 atom stereocenters. The number of rotatable bonds is 5. The smallest absolute Gasteiger partial charge is 0.339 e. The van der Waals surface area contributed by atoms with Crippen molar-refractivity contribution >= 4 is 17.7 Å². The van der Waals surface area contributed by atoms with Crippen LogP contribution in [-0.4, -0.2) is 24.3 Å². The number of ether oxygens (including phenoxy) is 2. The first-order valence-corrected chi connectivity index (χ1v) is 9.26. The quantitative estimate of drug-likeness (QED) is 0.486. The van der Waals surface area contributed by atoms with E-state index in [0.29, 0.717) is 23.1 Å². The minimum atomic E-state index is -0.604. The molecule has 0 amide bonds. The molecule has 0 spiro atoms. The predicted octanol–water partition coefficient (Wildman–Crippen LogP) is 4.18. The molecule has 0 fully saturated rings. The van der Waals surface area contributed by atoms with Crippen LogP contribution >= 0.6 is 0 Å². The molecule has 0 radical (unpaired) electrons. The van der Waals surface area contributed by atoms with Gasteiger partial charge in [0.05, 0.1) is 11.1 Å². The van der Waals surface area contributed by atoms with Gasteiger partial charge in [0.1, 0.15) is 6.10 Å². The van der Waals surface area contributed by atoms with Crippen molar-refractivity contribution < 1.29 is 23.9 Å². The van der Waals surface area contributed by atoms with E-state index < -0.39 is 18.0 Å². The minimum Gasteiger partial charge on any atom is -0.454 e. The van der Waals surface area contributed by atoms with Crippen molar-refractivity contribution in [3.05, 3.63) is 107 Å². The first kappa shape index (κ1) is 18.6. The highest BCUT2D eigenvalue weighted by molar-refractivity contribution is 6.00. The van der Waals surface area contributed by atoms with Gasteiger partial charge in [-0.05, 0) is 29.3 Å². The molecular weight excluding hydrogens is 368 g/mol. The topological polar surface area (TPSA) is 69.7 Å². The first-order chi connectivity index (χ1) is 14.1. The van der Waals surface area contributed by atoms with Crippen LogP contribution in [0.15, 0.2) is 78.9 Å². The van der Waals surface area contributed by atoms with E-state index in [1.165, 1.54) is 6.07 Å². The Balaban J connectivity index is 1.48. The largest absolute Gasteiger partial charge is 0.454 e. The van der Waals surface area contributed by atoms with Crippen molar-refractivity contribution in [2.75, 3.05) is 6.61 Å². The maximum absolute atomic E-state index is 12.4. The van der Waals surface area contributed by atoms with Gasteiger partial charge in [0.15, 0.2) is 12.4 Å². The Hall–Kier alpha value is -3.73. The summed E-state index contributed by atoms with van der Waals surface area (Å²) in [6.07, 6.45) is 0.0666. The average molecular weight is 386 g/mol. The summed E-state index contributed by atoms with van der Waals surface area (Å²) in [5.74, 6) is -1.30. The molecule has 29 heavy (non-hydrogen) atoms. The van der Waals surface area contributed by atoms with Crippen LogP contribution in [0.3, 0.4) is 0 Å². The zero-order valence-corrected chi connectivity index (χ0v) is 15.5. The fourth-order valence-electron chi connectivity index (χ4n) is 3.30. The number of Topliss-reactive ketones (excluding diaryl/α,β-unsaturated/α-hetero) is 1. The summed E-state index contributed by atoms with van der Waals surface area (Å²) in [7, 11) is 0. The molecule has 0 N–H and O–H groups in total. The average Bonchev–Trinajstić information content (AvgIpc) is 2.78. The van der Waals surface area contributed by atoms with Crippen LogP contribution in [0.5, 0.6) is 0 Å². The highest BCUT2D eigenvalue weighted by atomic mass is 16.5. The molecule has 1 heterocycles. The summed E-state index contributed by atoms with van der Waals surface area (Å²) in [4.78, 5) is 36.9. The van der Waals surface area contributed by atoms with E-state index in [1.807, 2.05) is 36.4 Å². The molecule has 0 saturated heterocycles. The number of carbonyl (C=O) groups excluding carboxylic acids is 3. The number of ketones is 1. The summed E-state index contributed by atoms with van der Waals surface area (Å²) in [6.45, 7) is -0.339. The fourth-order valence-corrected chi connectivity index (χ4v) is 3.30. The van der Waals surface area contributed by atoms with Gasteiger partial charge in [-0.2, -0.15) is 0 Å². The zero-order chi connectivity index (χ0) is 20.2. The van der Waals surface area contributed by atoms with Crippen LogP contribution in [0.2, 0.25) is 0 Å². The van der Waals surface area contributed by atoms with E-state index in [4.69, 9.17) is 9.47 Å². The molecule has 4 rings (SSSR count). The van der Waals surface area contributed by atoms with Gasteiger partial charge >= 0.3 is 11.9 Å². The number of fused-ring (bicyclic) bond motifs is 1. The normalized spacial score (nSPS) is 15.2.